The Morgan fingerprint density at radius 3 is 2.19 bits per heavy atom. The van der Waals surface area contributed by atoms with Gasteiger partial charge >= 0.3 is 0 Å². The van der Waals surface area contributed by atoms with Crippen LogP contribution in [0.4, 0.5) is 13.9 Å². The number of hydrogen-bond donors (Lipinski definition) is 1. The number of halogens is 2. The van der Waals surface area contributed by atoms with Gasteiger partial charge in [0.05, 0.1) is 4.70 Å². The van der Waals surface area contributed by atoms with Crippen LogP contribution in [0.1, 0.15) is 37.5 Å². The van der Waals surface area contributed by atoms with Crippen LogP contribution in [-0.2, 0) is 4.79 Å². The summed E-state index contributed by atoms with van der Waals surface area (Å²) >= 11 is 1.27. The lowest BCUT2D eigenvalue weighted by Gasteiger charge is -1.95. The third-order valence-corrected chi connectivity index (χ3v) is 4.11. The van der Waals surface area contributed by atoms with E-state index in [1.54, 1.807) is 13.0 Å². The molecule has 1 amide bonds. The lowest BCUT2D eigenvalue weighted by atomic mass is 10.1. The van der Waals surface area contributed by atoms with Crippen LogP contribution >= 0.6 is 11.3 Å². The van der Waals surface area contributed by atoms with Crippen LogP contribution in [0.15, 0.2) is 30.3 Å². The molecule has 0 saturated carbocycles. The van der Waals surface area contributed by atoms with E-state index in [0.29, 0.717) is 10.6 Å². The molecule has 1 heterocycles. The number of carbonyl (C=O) groups excluding carboxylic acids is 1. The molecule has 0 atom stereocenters. The van der Waals surface area contributed by atoms with Gasteiger partial charge in [0.15, 0.2) is 10.9 Å². The van der Waals surface area contributed by atoms with E-state index in [1.807, 2.05) is 39.8 Å². The molecule has 0 unspecified atom stereocenters. The van der Waals surface area contributed by atoms with Gasteiger partial charge < -0.3 is 5.32 Å². The molecule has 0 bridgehead atoms. The third kappa shape index (κ3) is 6.19. The van der Waals surface area contributed by atoms with E-state index >= 15 is 0 Å². The van der Waals surface area contributed by atoms with E-state index in [2.05, 4.69) is 10.3 Å². The highest BCUT2D eigenvalue weighted by atomic mass is 32.1. The van der Waals surface area contributed by atoms with Crippen LogP contribution in [0.5, 0.6) is 0 Å². The average Bonchev–Trinajstić information content (AvgIpc) is 2.95. The maximum atomic E-state index is 13.4. The third-order valence-electron chi connectivity index (χ3n) is 3.19. The van der Waals surface area contributed by atoms with Gasteiger partial charge in [-0.15, -0.1) is 0 Å². The molecule has 1 aromatic heterocycles. The number of nitrogens with one attached hydrogen (secondary N) is 1. The van der Waals surface area contributed by atoms with Crippen molar-refractivity contribution in [2.24, 2.45) is 0 Å². The Morgan fingerprint density at radius 1 is 1.00 bits per heavy atom. The first-order valence-corrected chi connectivity index (χ1v) is 9.15. The molecule has 3 rings (SSSR count). The number of aromatic nitrogens is 1. The largest absolute Gasteiger partial charge is 0.302 e. The minimum atomic E-state index is -0.349. The quantitative estimate of drug-likeness (QED) is 0.550. The van der Waals surface area contributed by atoms with E-state index in [4.69, 9.17) is 0 Å². The number of hydrogen-bond acceptors (Lipinski definition) is 3. The molecule has 0 fully saturated rings. The molecular weight excluding hydrogens is 354 g/mol. The molecule has 3 aromatic rings. The average molecular weight is 378 g/mol. The molecule has 0 saturated heterocycles. The van der Waals surface area contributed by atoms with Gasteiger partial charge in [-0.25, -0.2) is 13.8 Å². The van der Waals surface area contributed by atoms with Crippen LogP contribution in [0, 0.1) is 32.4 Å². The van der Waals surface area contributed by atoms with Gasteiger partial charge in [0.2, 0.25) is 5.91 Å². The maximum absolute atomic E-state index is 13.4. The summed E-state index contributed by atoms with van der Waals surface area (Å²) in [6.45, 7) is 10.9. The first kappa shape index (κ1) is 21.7. The molecule has 140 valence electrons. The van der Waals surface area contributed by atoms with Crippen molar-refractivity contribution >= 4 is 32.6 Å². The highest BCUT2D eigenvalue weighted by Gasteiger charge is 2.09. The van der Waals surface area contributed by atoms with Gasteiger partial charge in [-0.3, -0.25) is 4.79 Å². The Kier molecular flexibility index (Phi) is 8.32. The fourth-order valence-electron chi connectivity index (χ4n) is 2.12. The molecule has 26 heavy (non-hydrogen) atoms. The maximum Gasteiger partial charge on any atom is 0.223 e. The summed E-state index contributed by atoms with van der Waals surface area (Å²) in [5.74, 6) is -0.676. The predicted molar refractivity (Wildman–Crippen MR) is 106 cm³/mol. The highest BCUT2D eigenvalue weighted by molar-refractivity contribution is 7.22. The SMILES string of the molecule is CC.CC(=O)Nc1nc2c(F)cc(C)cc2s1.Cc1ccc(F)c(C)c1. The summed E-state index contributed by atoms with van der Waals surface area (Å²) in [5.41, 5.74) is 2.98. The number of fused-ring (bicyclic) bond motifs is 1. The molecule has 2 aromatic carbocycles. The van der Waals surface area contributed by atoms with Crippen LogP contribution < -0.4 is 5.32 Å². The van der Waals surface area contributed by atoms with Crippen molar-refractivity contribution in [3.63, 3.8) is 0 Å². The van der Waals surface area contributed by atoms with E-state index in [-0.39, 0.29) is 17.5 Å². The summed E-state index contributed by atoms with van der Waals surface area (Å²) in [5, 5.41) is 2.98. The van der Waals surface area contributed by atoms with Gasteiger partial charge in [-0.2, -0.15) is 0 Å². The van der Waals surface area contributed by atoms with Crippen molar-refractivity contribution in [2.75, 3.05) is 5.32 Å². The van der Waals surface area contributed by atoms with Crippen molar-refractivity contribution in [3.05, 3.63) is 58.7 Å². The fourth-order valence-corrected chi connectivity index (χ4v) is 3.14. The molecular formula is C20H24F2N2OS. The molecule has 6 heteroatoms. The van der Waals surface area contributed by atoms with E-state index in [1.165, 1.54) is 30.4 Å². The molecule has 3 nitrogen and oxygen atoms in total. The number of carbonyl (C=O) groups is 1. The predicted octanol–water partition coefficient (Wildman–Crippen LogP) is 6.17. The smallest absolute Gasteiger partial charge is 0.223 e. The molecule has 1 N–H and O–H groups in total. The van der Waals surface area contributed by atoms with Crippen LogP contribution in [0.3, 0.4) is 0 Å². The fraction of sp³-hybridized carbons (Fsp3) is 0.300. The first-order valence-electron chi connectivity index (χ1n) is 8.33. The minimum absolute atomic E-state index is 0.124. The number of aryl methyl sites for hydroxylation is 3. The number of benzene rings is 2. The van der Waals surface area contributed by atoms with E-state index in [9.17, 15) is 13.6 Å². The second-order valence-corrected chi connectivity index (χ2v) is 6.58. The number of nitrogens with zero attached hydrogens (tertiary/aromatic N) is 1. The van der Waals surface area contributed by atoms with Crippen molar-refractivity contribution in [1.29, 1.82) is 0 Å². The minimum Gasteiger partial charge on any atom is -0.302 e. The van der Waals surface area contributed by atoms with Crippen LogP contribution in [-0.4, -0.2) is 10.9 Å². The lowest BCUT2D eigenvalue weighted by Crippen LogP contribution is -2.04. The Morgan fingerprint density at radius 2 is 1.65 bits per heavy atom. The zero-order chi connectivity index (χ0) is 19.9. The Labute approximate surface area is 157 Å². The van der Waals surface area contributed by atoms with Crippen molar-refractivity contribution in [1.82, 2.24) is 4.98 Å². The Balaban J connectivity index is 0.000000263. The molecule has 0 spiro atoms. The van der Waals surface area contributed by atoms with Crippen molar-refractivity contribution in [3.8, 4) is 0 Å². The van der Waals surface area contributed by atoms with Gasteiger partial charge in [0.1, 0.15) is 11.3 Å². The summed E-state index contributed by atoms with van der Waals surface area (Å²) in [7, 11) is 0. The monoisotopic (exact) mass is 378 g/mol. The van der Waals surface area contributed by atoms with E-state index < -0.39 is 0 Å². The van der Waals surface area contributed by atoms with E-state index in [0.717, 1.165) is 21.4 Å². The Hall–Kier alpha value is -2.34. The second-order valence-electron chi connectivity index (χ2n) is 5.55. The molecule has 0 aliphatic rings. The summed E-state index contributed by atoms with van der Waals surface area (Å²) in [6.07, 6.45) is 0. The van der Waals surface area contributed by atoms with Gasteiger partial charge in [0, 0.05) is 6.92 Å². The second kappa shape index (κ2) is 9.97. The zero-order valence-corrected chi connectivity index (χ0v) is 16.7. The number of anilines is 1. The lowest BCUT2D eigenvalue weighted by molar-refractivity contribution is -0.114. The first-order chi connectivity index (χ1) is 12.3. The Bertz CT molecular complexity index is 891. The molecule has 0 radical (unpaired) electrons. The zero-order valence-electron chi connectivity index (χ0n) is 15.9. The van der Waals surface area contributed by atoms with Gasteiger partial charge in [-0.1, -0.05) is 42.9 Å². The normalized spacial score (nSPS) is 9.69. The molecule has 0 aliphatic carbocycles. The molecule has 0 aliphatic heterocycles. The van der Waals surface area contributed by atoms with Crippen molar-refractivity contribution < 1.29 is 13.6 Å². The summed E-state index contributed by atoms with van der Waals surface area (Å²) in [6, 6.07) is 8.36. The highest BCUT2D eigenvalue weighted by Crippen LogP contribution is 2.28. The van der Waals surface area contributed by atoms with Crippen molar-refractivity contribution in [2.45, 2.75) is 41.5 Å². The topological polar surface area (TPSA) is 42.0 Å². The summed E-state index contributed by atoms with van der Waals surface area (Å²) in [4.78, 5) is 14.8. The van der Waals surface area contributed by atoms with Gasteiger partial charge in [-0.05, 0) is 50.1 Å². The number of amides is 1. The standard InChI is InChI=1S/C10H9FN2OS.C8H9F.C2H6/c1-5-3-7(11)9-8(4-5)15-10(13-9)12-6(2)14;1-6-3-4-8(9)7(2)5-6;1-2/h3-4H,1-2H3,(H,12,13,14);3-5H,1-2H3;1-2H3. The number of thiazole rings is 1. The van der Waals surface area contributed by atoms with Crippen LogP contribution in [0.2, 0.25) is 0 Å². The summed E-state index contributed by atoms with van der Waals surface area (Å²) < 4.78 is 26.7. The van der Waals surface area contributed by atoms with Crippen LogP contribution in [0.25, 0.3) is 10.2 Å². The van der Waals surface area contributed by atoms with Gasteiger partial charge in [0.25, 0.3) is 0 Å². The number of rotatable bonds is 1.